The number of hydrogen-bond acceptors (Lipinski definition) is 5. The van der Waals surface area contributed by atoms with Gasteiger partial charge in [-0.3, -0.25) is 10.1 Å². The van der Waals surface area contributed by atoms with Crippen molar-refractivity contribution in [2.45, 2.75) is 38.5 Å². The van der Waals surface area contributed by atoms with E-state index in [1.807, 2.05) is 0 Å². The van der Waals surface area contributed by atoms with Crippen LogP contribution in [-0.4, -0.2) is 22.6 Å². The standard InChI is InChI=1S/C10H6F3N3O2.C6H12O/c11-10(12,13)5-1-2-7-6(3-5)9(14)8(4-15-7)16(17)18;1-6-4-2-3-5-7-6/h1-4H,(H2,14,15);6H,2-5H2,1H3/t;6-/m.1/s1. The zero-order valence-corrected chi connectivity index (χ0v) is 13.5. The first kappa shape index (κ1) is 18.9. The molecule has 0 bridgehead atoms. The van der Waals surface area contributed by atoms with Crippen molar-refractivity contribution in [3.8, 4) is 0 Å². The van der Waals surface area contributed by atoms with Gasteiger partial charge in [0.05, 0.1) is 22.1 Å². The minimum absolute atomic E-state index is 0.0842. The molecule has 0 aliphatic carbocycles. The Hall–Kier alpha value is -2.42. The van der Waals surface area contributed by atoms with Gasteiger partial charge in [0, 0.05) is 12.0 Å². The van der Waals surface area contributed by atoms with E-state index < -0.39 is 22.4 Å². The highest BCUT2D eigenvalue weighted by Crippen LogP contribution is 2.34. The molecule has 1 aromatic carbocycles. The van der Waals surface area contributed by atoms with E-state index in [1.54, 1.807) is 0 Å². The Bertz CT molecular complexity index is 759. The maximum absolute atomic E-state index is 12.5. The van der Waals surface area contributed by atoms with Crippen LogP contribution in [0.3, 0.4) is 0 Å². The molecule has 2 aromatic rings. The predicted molar refractivity (Wildman–Crippen MR) is 87.1 cm³/mol. The summed E-state index contributed by atoms with van der Waals surface area (Å²) < 4.78 is 42.8. The van der Waals surface area contributed by atoms with Crippen molar-refractivity contribution in [3.05, 3.63) is 40.1 Å². The van der Waals surface area contributed by atoms with Gasteiger partial charge in [-0.2, -0.15) is 13.2 Å². The normalized spacial score (nSPS) is 17.7. The van der Waals surface area contributed by atoms with Crippen LogP contribution in [0.4, 0.5) is 24.5 Å². The average molecular weight is 357 g/mol. The Morgan fingerprint density at radius 3 is 2.56 bits per heavy atom. The van der Waals surface area contributed by atoms with E-state index in [0.29, 0.717) is 6.10 Å². The van der Waals surface area contributed by atoms with E-state index in [4.69, 9.17) is 10.5 Å². The third-order valence-corrected chi connectivity index (χ3v) is 3.82. The van der Waals surface area contributed by atoms with Crippen molar-refractivity contribution in [2.24, 2.45) is 0 Å². The average Bonchev–Trinajstić information content (AvgIpc) is 2.55. The van der Waals surface area contributed by atoms with Crippen molar-refractivity contribution in [2.75, 3.05) is 12.3 Å². The molecule has 2 heterocycles. The lowest BCUT2D eigenvalue weighted by Gasteiger charge is -2.17. The summed E-state index contributed by atoms with van der Waals surface area (Å²) in [7, 11) is 0. The fraction of sp³-hybridized carbons (Fsp3) is 0.438. The number of nitrogens with zero attached hydrogens (tertiary/aromatic N) is 2. The predicted octanol–water partition coefficient (Wildman–Crippen LogP) is 4.32. The summed E-state index contributed by atoms with van der Waals surface area (Å²) in [5.41, 5.74) is 3.89. The number of ether oxygens (including phenoxy) is 1. The highest BCUT2D eigenvalue weighted by molar-refractivity contribution is 5.94. The number of halogens is 3. The monoisotopic (exact) mass is 357 g/mol. The molecule has 0 saturated carbocycles. The van der Waals surface area contributed by atoms with Crippen LogP contribution >= 0.6 is 0 Å². The first-order valence-electron chi connectivity index (χ1n) is 7.71. The fourth-order valence-electron chi connectivity index (χ4n) is 2.43. The van der Waals surface area contributed by atoms with E-state index in [0.717, 1.165) is 31.0 Å². The number of nitrogen functional groups attached to an aromatic ring is 1. The van der Waals surface area contributed by atoms with Gasteiger partial charge in [0.25, 0.3) is 0 Å². The van der Waals surface area contributed by atoms with Crippen LogP contribution in [-0.2, 0) is 10.9 Å². The number of nitro groups is 1. The van der Waals surface area contributed by atoms with Gasteiger partial charge >= 0.3 is 11.9 Å². The van der Waals surface area contributed by atoms with Crippen LogP contribution < -0.4 is 5.73 Å². The van der Waals surface area contributed by atoms with Gasteiger partial charge in [0.1, 0.15) is 11.9 Å². The SMILES string of the molecule is C[C@@H]1CCCCO1.Nc1c([N+](=O)[O-])cnc2ccc(C(F)(F)F)cc12. The Morgan fingerprint density at radius 2 is 2.08 bits per heavy atom. The van der Waals surface area contributed by atoms with Crippen LogP contribution in [0.5, 0.6) is 0 Å². The first-order chi connectivity index (χ1) is 11.7. The van der Waals surface area contributed by atoms with Gasteiger partial charge in [-0.1, -0.05) is 0 Å². The molecule has 2 N–H and O–H groups in total. The number of aromatic nitrogens is 1. The van der Waals surface area contributed by atoms with Crippen LogP contribution in [0.25, 0.3) is 10.9 Å². The molecule has 1 aliphatic heterocycles. The Balaban J connectivity index is 0.000000269. The highest BCUT2D eigenvalue weighted by Gasteiger charge is 2.31. The summed E-state index contributed by atoms with van der Waals surface area (Å²) in [4.78, 5) is 13.5. The molecule has 0 radical (unpaired) electrons. The molecule has 1 aromatic heterocycles. The molecule has 136 valence electrons. The van der Waals surface area contributed by atoms with Gasteiger partial charge in [0.15, 0.2) is 0 Å². The van der Waals surface area contributed by atoms with Crippen molar-refractivity contribution >= 4 is 22.3 Å². The second kappa shape index (κ2) is 7.64. The molecule has 0 unspecified atom stereocenters. The largest absolute Gasteiger partial charge is 0.416 e. The number of benzene rings is 1. The second-order valence-corrected chi connectivity index (χ2v) is 5.72. The Morgan fingerprint density at radius 1 is 1.36 bits per heavy atom. The minimum Gasteiger partial charge on any atom is -0.393 e. The zero-order chi connectivity index (χ0) is 18.6. The van der Waals surface area contributed by atoms with E-state index in [1.165, 1.54) is 19.3 Å². The summed E-state index contributed by atoms with van der Waals surface area (Å²) in [5, 5.41) is 10.5. The van der Waals surface area contributed by atoms with E-state index >= 15 is 0 Å². The molecular weight excluding hydrogens is 339 g/mol. The quantitative estimate of drug-likeness (QED) is 0.606. The molecule has 6 nitrogen and oxygen atoms in total. The van der Waals surface area contributed by atoms with Crippen LogP contribution in [0.2, 0.25) is 0 Å². The lowest BCUT2D eigenvalue weighted by atomic mass is 10.1. The summed E-state index contributed by atoms with van der Waals surface area (Å²) in [5.74, 6) is 0. The zero-order valence-electron chi connectivity index (χ0n) is 13.5. The van der Waals surface area contributed by atoms with E-state index in [2.05, 4.69) is 11.9 Å². The third kappa shape index (κ3) is 4.79. The Kier molecular flexibility index (Phi) is 5.78. The Labute approximate surface area is 141 Å². The number of nitrogens with two attached hydrogens (primary N) is 1. The van der Waals surface area contributed by atoms with Crippen LogP contribution in [0, 0.1) is 10.1 Å². The van der Waals surface area contributed by atoms with Crippen molar-refractivity contribution in [3.63, 3.8) is 0 Å². The number of alkyl halides is 3. The number of fused-ring (bicyclic) bond motifs is 1. The molecule has 1 atom stereocenters. The maximum Gasteiger partial charge on any atom is 0.416 e. The smallest absolute Gasteiger partial charge is 0.393 e. The van der Waals surface area contributed by atoms with Gasteiger partial charge in [-0.05, 0) is 44.4 Å². The lowest BCUT2D eigenvalue weighted by molar-refractivity contribution is -0.384. The molecule has 0 spiro atoms. The first-order valence-corrected chi connectivity index (χ1v) is 7.71. The second-order valence-electron chi connectivity index (χ2n) is 5.72. The molecule has 9 heteroatoms. The van der Waals surface area contributed by atoms with E-state index in [-0.39, 0.29) is 16.6 Å². The van der Waals surface area contributed by atoms with Crippen LogP contribution in [0.1, 0.15) is 31.7 Å². The number of anilines is 1. The molecule has 0 amide bonds. The highest BCUT2D eigenvalue weighted by atomic mass is 19.4. The molecule has 25 heavy (non-hydrogen) atoms. The fourth-order valence-corrected chi connectivity index (χ4v) is 2.43. The number of hydrogen-bond donors (Lipinski definition) is 1. The van der Waals surface area contributed by atoms with Gasteiger partial charge in [-0.15, -0.1) is 0 Å². The van der Waals surface area contributed by atoms with Crippen molar-refractivity contribution < 1.29 is 22.8 Å². The summed E-state index contributed by atoms with van der Waals surface area (Å²) in [6, 6.07) is 2.73. The molecule has 3 rings (SSSR count). The summed E-state index contributed by atoms with van der Waals surface area (Å²) >= 11 is 0. The summed E-state index contributed by atoms with van der Waals surface area (Å²) in [6.07, 6.45) is 0.815. The molecule has 1 saturated heterocycles. The van der Waals surface area contributed by atoms with Crippen molar-refractivity contribution in [1.82, 2.24) is 4.98 Å². The lowest BCUT2D eigenvalue weighted by Crippen LogP contribution is -2.14. The maximum atomic E-state index is 12.5. The molecule has 1 fully saturated rings. The van der Waals surface area contributed by atoms with Gasteiger partial charge < -0.3 is 10.5 Å². The number of pyridine rings is 1. The molecule has 1 aliphatic rings. The molecular formula is C16H18F3N3O3. The topological polar surface area (TPSA) is 91.3 Å². The van der Waals surface area contributed by atoms with Crippen molar-refractivity contribution in [1.29, 1.82) is 0 Å². The van der Waals surface area contributed by atoms with Gasteiger partial charge in [0.2, 0.25) is 0 Å². The van der Waals surface area contributed by atoms with Gasteiger partial charge in [-0.25, -0.2) is 4.98 Å². The minimum atomic E-state index is -4.54. The van der Waals surface area contributed by atoms with E-state index in [9.17, 15) is 23.3 Å². The number of rotatable bonds is 1. The third-order valence-electron chi connectivity index (χ3n) is 3.82. The summed E-state index contributed by atoms with van der Waals surface area (Å²) in [6.45, 7) is 3.13. The van der Waals surface area contributed by atoms with Crippen LogP contribution in [0.15, 0.2) is 24.4 Å².